The van der Waals surface area contributed by atoms with E-state index in [0.717, 1.165) is 0 Å². The highest BCUT2D eigenvalue weighted by Gasteiger charge is 2.11. The summed E-state index contributed by atoms with van der Waals surface area (Å²) >= 11 is 0. The van der Waals surface area contributed by atoms with E-state index in [1.807, 2.05) is 0 Å². The van der Waals surface area contributed by atoms with Gasteiger partial charge in [-0.2, -0.15) is 14.6 Å². The van der Waals surface area contributed by atoms with E-state index >= 15 is 0 Å². The SMILES string of the molecule is Cc1nc(N)n(-c2nnc(Nc3n[nH]c(N)n3)nn2)n1. The Bertz CT molecular complexity index is 724. The Morgan fingerprint density at radius 3 is 2.35 bits per heavy atom. The molecule has 6 N–H and O–H groups in total. The van der Waals surface area contributed by atoms with Gasteiger partial charge in [0.05, 0.1) is 0 Å². The van der Waals surface area contributed by atoms with Crippen LogP contribution in [0.15, 0.2) is 0 Å². The molecule has 0 aliphatic rings. The normalized spacial score (nSPS) is 10.7. The molecule has 20 heavy (non-hydrogen) atoms. The van der Waals surface area contributed by atoms with Crippen LogP contribution >= 0.6 is 0 Å². The molecule has 102 valence electrons. The summed E-state index contributed by atoms with van der Waals surface area (Å²) < 4.78 is 1.23. The third-order valence-corrected chi connectivity index (χ3v) is 2.12. The standard InChI is InChI=1S/C7H9N13/c1-2-10-4(9)20(19-2)7-17-15-6(16-18-7)12-5-11-3(8)13-14-5/h1H3,(H2,9,10,19)(H4,8,11,12,13,14,15,16). The highest BCUT2D eigenvalue weighted by molar-refractivity contribution is 5.42. The van der Waals surface area contributed by atoms with Crippen molar-refractivity contribution in [3.05, 3.63) is 5.82 Å². The Labute approximate surface area is 110 Å². The zero-order valence-corrected chi connectivity index (χ0v) is 10.2. The van der Waals surface area contributed by atoms with Crippen LogP contribution in [0.3, 0.4) is 0 Å². The lowest BCUT2D eigenvalue weighted by Crippen LogP contribution is -2.11. The molecule has 0 fully saturated rings. The summed E-state index contributed by atoms with van der Waals surface area (Å²) in [5.41, 5.74) is 11.0. The smallest absolute Gasteiger partial charge is 0.292 e. The zero-order chi connectivity index (χ0) is 14.1. The average Bonchev–Trinajstić information content (AvgIpc) is 2.96. The van der Waals surface area contributed by atoms with Crippen LogP contribution in [-0.2, 0) is 0 Å². The van der Waals surface area contributed by atoms with Gasteiger partial charge in [-0.25, -0.2) is 5.10 Å². The maximum Gasteiger partial charge on any atom is 0.292 e. The molecule has 13 heteroatoms. The Morgan fingerprint density at radius 2 is 1.80 bits per heavy atom. The fourth-order valence-electron chi connectivity index (χ4n) is 1.37. The number of nitrogens with zero attached hydrogens (tertiary/aromatic N) is 9. The highest BCUT2D eigenvalue weighted by Crippen LogP contribution is 2.07. The molecule has 3 rings (SSSR count). The largest absolute Gasteiger partial charge is 0.368 e. The van der Waals surface area contributed by atoms with Gasteiger partial charge in [0, 0.05) is 0 Å². The van der Waals surface area contributed by atoms with Gasteiger partial charge in [0.1, 0.15) is 5.82 Å². The molecule has 0 radical (unpaired) electrons. The minimum Gasteiger partial charge on any atom is -0.368 e. The minimum atomic E-state index is 0.100. The number of nitrogens with one attached hydrogen (secondary N) is 2. The number of aromatic amines is 1. The molecule has 0 aromatic carbocycles. The molecule has 0 aliphatic heterocycles. The first-order chi connectivity index (χ1) is 9.61. The molecule has 0 amide bonds. The minimum absolute atomic E-state index is 0.100. The number of H-pyrrole nitrogens is 1. The van der Waals surface area contributed by atoms with Gasteiger partial charge in [0.2, 0.25) is 11.9 Å². The first-order valence-corrected chi connectivity index (χ1v) is 5.33. The summed E-state index contributed by atoms with van der Waals surface area (Å²) in [6.45, 7) is 1.69. The van der Waals surface area contributed by atoms with Crippen molar-refractivity contribution < 1.29 is 0 Å². The third kappa shape index (κ3) is 2.14. The summed E-state index contributed by atoms with van der Waals surface area (Å²) in [7, 11) is 0. The molecule has 0 saturated carbocycles. The van der Waals surface area contributed by atoms with Crippen LogP contribution in [0, 0.1) is 6.92 Å². The van der Waals surface area contributed by atoms with E-state index in [1.165, 1.54) is 4.68 Å². The van der Waals surface area contributed by atoms with E-state index in [0.29, 0.717) is 5.82 Å². The second-order valence-electron chi connectivity index (χ2n) is 3.62. The quantitative estimate of drug-likeness (QED) is 0.421. The van der Waals surface area contributed by atoms with Crippen LogP contribution in [0.25, 0.3) is 5.95 Å². The van der Waals surface area contributed by atoms with Gasteiger partial charge in [-0.1, -0.05) is 0 Å². The topological polar surface area (TPSA) is 188 Å². The molecule has 0 aliphatic carbocycles. The van der Waals surface area contributed by atoms with Crippen molar-refractivity contribution in [3.8, 4) is 5.95 Å². The molecular formula is C7H9N13. The van der Waals surface area contributed by atoms with Crippen molar-refractivity contribution in [1.29, 1.82) is 0 Å². The highest BCUT2D eigenvalue weighted by atomic mass is 15.5. The molecule has 0 spiro atoms. The van der Waals surface area contributed by atoms with E-state index in [4.69, 9.17) is 11.5 Å². The van der Waals surface area contributed by atoms with Gasteiger partial charge in [-0.3, -0.25) is 5.32 Å². The number of nitrogens with two attached hydrogens (primary N) is 2. The van der Waals surface area contributed by atoms with Crippen LogP contribution in [0.1, 0.15) is 5.82 Å². The van der Waals surface area contributed by atoms with E-state index in [9.17, 15) is 0 Å². The van der Waals surface area contributed by atoms with Crippen LogP contribution in [-0.4, -0.2) is 50.3 Å². The van der Waals surface area contributed by atoms with E-state index in [1.54, 1.807) is 6.92 Å². The van der Waals surface area contributed by atoms with Gasteiger partial charge in [-0.05, 0) is 6.92 Å². The first kappa shape index (κ1) is 11.7. The first-order valence-electron chi connectivity index (χ1n) is 5.33. The van der Waals surface area contributed by atoms with Crippen molar-refractivity contribution in [2.45, 2.75) is 6.92 Å². The van der Waals surface area contributed by atoms with Crippen LogP contribution in [0.4, 0.5) is 23.8 Å². The average molecular weight is 275 g/mol. The lowest BCUT2D eigenvalue weighted by Gasteiger charge is -2.00. The Balaban J connectivity index is 1.82. The van der Waals surface area contributed by atoms with Gasteiger partial charge in [0.15, 0.2) is 0 Å². The third-order valence-electron chi connectivity index (χ3n) is 2.12. The molecule has 13 nitrogen and oxygen atoms in total. The molecule has 3 heterocycles. The number of aryl methyl sites for hydroxylation is 1. The van der Waals surface area contributed by atoms with Gasteiger partial charge in [0.25, 0.3) is 17.8 Å². The summed E-state index contributed by atoms with van der Waals surface area (Å²) in [6, 6.07) is 0. The lowest BCUT2D eigenvalue weighted by atomic mass is 10.8. The molecule has 3 aromatic heterocycles. The maximum atomic E-state index is 5.64. The summed E-state index contributed by atoms with van der Waals surface area (Å²) in [6.07, 6.45) is 0. The lowest BCUT2D eigenvalue weighted by molar-refractivity contribution is 0.733. The second kappa shape index (κ2) is 4.38. The van der Waals surface area contributed by atoms with E-state index < -0.39 is 0 Å². The predicted octanol–water partition coefficient (Wildman–Crippen LogP) is -1.82. The Hall–Kier alpha value is -3.38. The fraction of sp³-hybridized carbons (Fsp3) is 0.143. The Morgan fingerprint density at radius 1 is 1.05 bits per heavy atom. The zero-order valence-electron chi connectivity index (χ0n) is 10.2. The van der Waals surface area contributed by atoms with E-state index in [-0.39, 0.29) is 29.7 Å². The monoisotopic (exact) mass is 275 g/mol. The molecular weight excluding hydrogens is 266 g/mol. The number of hydrogen-bond acceptors (Lipinski definition) is 11. The van der Waals surface area contributed by atoms with Crippen molar-refractivity contribution >= 4 is 23.8 Å². The van der Waals surface area contributed by atoms with Gasteiger partial charge in [-0.15, -0.1) is 30.6 Å². The van der Waals surface area contributed by atoms with Crippen molar-refractivity contribution in [1.82, 2.24) is 50.3 Å². The maximum absolute atomic E-state index is 5.64. The number of nitrogen functional groups attached to an aromatic ring is 2. The number of aromatic nitrogens is 10. The van der Waals surface area contributed by atoms with Crippen LogP contribution in [0.5, 0.6) is 0 Å². The number of hydrogen-bond donors (Lipinski definition) is 4. The van der Waals surface area contributed by atoms with Crippen molar-refractivity contribution in [2.24, 2.45) is 0 Å². The van der Waals surface area contributed by atoms with Crippen molar-refractivity contribution in [3.63, 3.8) is 0 Å². The number of anilines is 4. The molecule has 0 saturated heterocycles. The number of rotatable bonds is 3. The van der Waals surface area contributed by atoms with E-state index in [2.05, 4.69) is 51.0 Å². The molecule has 0 unspecified atom stereocenters. The van der Waals surface area contributed by atoms with Crippen LogP contribution in [0.2, 0.25) is 0 Å². The van der Waals surface area contributed by atoms with Crippen LogP contribution < -0.4 is 16.8 Å². The van der Waals surface area contributed by atoms with Gasteiger partial charge >= 0.3 is 0 Å². The summed E-state index contributed by atoms with van der Waals surface area (Å²) in [5, 5.41) is 28.1. The second-order valence-corrected chi connectivity index (χ2v) is 3.62. The Kier molecular flexibility index (Phi) is 2.56. The van der Waals surface area contributed by atoms with Gasteiger partial charge < -0.3 is 11.5 Å². The van der Waals surface area contributed by atoms with Crippen molar-refractivity contribution in [2.75, 3.05) is 16.8 Å². The molecule has 0 bridgehead atoms. The summed E-state index contributed by atoms with van der Waals surface area (Å²) in [4.78, 5) is 7.74. The molecule has 3 aromatic rings. The predicted molar refractivity (Wildman–Crippen MR) is 65.8 cm³/mol. The molecule has 0 atom stereocenters. The summed E-state index contributed by atoms with van der Waals surface area (Å²) in [5.74, 6) is 1.20. The fourth-order valence-corrected chi connectivity index (χ4v) is 1.37.